The molecule has 0 unspecified atom stereocenters. The number of hydrogen-bond donors (Lipinski definition) is 2. The van der Waals surface area contributed by atoms with Crippen molar-refractivity contribution in [2.24, 2.45) is 5.10 Å². The van der Waals surface area contributed by atoms with Crippen molar-refractivity contribution in [2.45, 2.75) is 25.7 Å². The third-order valence-corrected chi connectivity index (χ3v) is 6.82. The van der Waals surface area contributed by atoms with Crippen molar-refractivity contribution in [3.05, 3.63) is 80.7 Å². The van der Waals surface area contributed by atoms with Crippen molar-refractivity contribution in [3.63, 3.8) is 0 Å². The molecule has 1 heterocycles. The molecule has 0 spiro atoms. The third kappa shape index (κ3) is 5.74. The van der Waals surface area contributed by atoms with E-state index in [4.69, 9.17) is 16.3 Å². The fraction of sp³-hybridized carbons (Fsp3) is 0.160. The molecule has 4 rings (SSSR count). The second-order valence-corrected chi connectivity index (χ2v) is 9.13. The molecule has 3 aromatic rings. The van der Waals surface area contributed by atoms with E-state index in [1.807, 2.05) is 0 Å². The summed E-state index contributed by atoms with van der Waals surface area (Å²) in [6, 6.07) is 15.1. The fourth-order valence-electron chi connectivity index (χ4n) is 3.56. The monoisotopic (exact) mass is 506 g/mol. The normalized spacial score (nSPS) is 12.5. The maximum Gasteiger partial charge on any atom is 0.345 e. The van der Waals surface area contributed by atoms with Gasteiger partial charge in [0.2, 0.25) is 0 Å². The molecule has 2 amide bonds. The molecular formula is C25H19ClN4O4S. The number of nitrogens with zero attached hydrogens (tertiary/aromatic N) is 2. The number of ether oxygens (including phenoxy) is 1. The first kappa shape index (κ1) is 24.1. The number of fused-ring (bicyclic) bond motifs is 1. The number of halogens is 1. The summed E-state index contributed by atoms with van der Waals surface area (Å²) < 4.78 is 5.30. The second-order valence-electron chi connectivity index (χ2n) is 7.62. The number of hydrogen-bond acceptors (Lipinski definition) is 7. The van der Waals surface area contributed by atoms with Crippen molar-refractivity contribution < 1.29 is 19.1 Å². The van der Waals surface area contributed by atoms with E-state index in [0.717, 1.165) is 36.1 Å². The number of nitriles is 1. The minimum absolute atomic E-state index is 0.255. The van der Waals surface area contributed by atoms with Gasteiger partial charge in [-0.05, 0) is 73.2 Å². The number of esters is 1. The van der Waals surface area contributed by atoms with Crippen LogP contribution in [-0.2, 0) is 22.4 Å². The Kier molecular flexibility index (Phi) is 7.55. The molecule has 0 aliphatic heterocycles. The van der Waals surface area contributed by atoms with E-state index in [1.165, 1.54) is 17.6 Å². The van der Waals surface area contributed by atoms with Crippen molar-refractivity contribution in [3.8, 4) is 11.8 Å². The Balaban J connectivity index is 1.31. The lowest BCUT2D eigenvalue weighted by Crippen LogP contribution is -2.32. The summed E-state index contributed by atoms with van der Waals surface area (Å²) in [7, 11) is 0. The lowest BCUT2D eigenvalue weighted by molar-refractivity contribution is -0.136. The molecule has 35 heavy (non-hydrogen) atoms. The Morgan fingerprint density at radius 2 is 1.80 bits per heavy atom. The van der Waals surface area contributed by atoms with Gasteiger partial charge in [-0.25, -0.2) is 10.2 Å². The van der Waals surface area contributed by atoms with Gasteiger partial charge in [0, 0.05) is 4.88 Å². The highest BCUT2D eigenvalue weighted by Crippen LogP contribution is 2.37. The Morgan fingerprint density at radius 1 is 1.06 bits per heavy atom. The van der Waals surface area contributed by atoms with Crippen LogP contribution in [0.2, 0.25) is 5.02 Å². The molecule has 2 N–H and O–H groups in total. The molecule has 8 nitrogen and oxygen atoms in total. The van der Waals surface area contributed by atoms with Crippen LogP contribution in [0.1, 0.15) is 44.8 Å². The highest BCUT2D eigenvalue weighted by Gasteiger charge is 2.23. The third-order valence-electron chi connectivity index (χ3n) is 5.28. The lowest BCUT2D eigenvalue weighted by atomic mass is 9.96. The van der Waals surface area contributed by atoms with E-state index >= 15 is 0 Å². The molecule has 0 atom stereocenters. The van der Waals surface area contributed by atoms with Crippen LogP contribution >= 0.6 is 22.9 Å². The Morgan fingerprint density at radius 3 is 2.54 bits per heavy atom. The van der Waals surface area contributed by atoms with Gasteiger partial charge < -0.3 is 10.1 Å². The fourth-order valence-corrected chi connectivity index (χ4v) is 5.01. The molecule has 0 fully saturated rings. The van der Waals surface area contributed by atoms with E-state index in [1.54, 1.807) is 48.5 Å². The van der Waals surface area contributed by atoms with Crippen LogP contribution in [0.5, 0.6) is 5.75 Å². The van der Waals surface area contributed by atoms with Crippen LogP contribution < -0.4 is 15.5 Å². The van der Waals surface area contributed by atoms with Gasteiger partial charge in [0.05, 0.1) is 22.4 Å². The highest BCUT2D eigenvalue weighted by molar-refractivity contribution is 7.16. The average molecular weight is 507 g/mol. The van der Waals surface area contributed by atoms with Crippen LogP contribution in [0.3, 0.4) is 0 Å². The predicted octanol–water partition coefficient (Wildman–Crippen LogP) is 4.46. The van der Waals surface area contributed by atoms with Crippen molar-refractivity contribution in [1.82, 2.24) is 5.43 Å². The van der Waals surface area contributed by atoms with Crippen LogP contribution in [0.15, 0.2) is 53.6 Å². The first-order valence-electron chi connectivity index (χ1n) is 10.7. The molecule has 1 aromatic heterocycles. The molecular weight excluding hydrogens is 488 g/mol. The summed E-state index contributed by atoms with van der Waals surface area (Å²) in [6.45, 7) is 0. The minimum Gasteiger partial charge on any atom is -0.423 e. The van der Waals surface area contributed by atoms with E-state index in [0.29, 0.717) is 26.9 Å². The second kappa shape index (κ2) is 11.0. The number of anilines is 1. The number of benzene rings is 2. The average Bonchev–Trinajstić information content (AvgIpc) is 3.22. The maximum atomic E-state index is 12.3. The van der Waals surface area contributed by atoms with Gasteiger partial charge in [-0.2, -0.15) is 10.4 Å². The van der Waals surface area contributed by atoms with Gasteiger partial charge in [-0.1, -0.05) is 23.7 Å². The highest BCUT2D eigenvalue weighted by atomic mass is 35.5. The number of carbonyl (C=O) groups is 3. The molecule has 0 saturated carbocycles. The molecule has 176 valence electrons. The Hall–Kier alpha value is -4.00. The quantitative estimate of drug-likeness (QED) is 0.174. The van der Waals surface area contributed by atoms with Crippen LogP contribution in [0, 0.1) is 11.3 Å². The number of carbonyl (C=O) groups excluding carboxylic acids is 3. The molecule has 1 aliphatic carbocycles. The standard InChI is InChI=1S/C25H19ClN4O4S/c26-20-7-3-1-6-18(20)25(33)34-16-11-9-15(10-12-16)14-28-30-23(32)22(31)29-24-19(13-27)17-5-2-4-8-21(17)35-24/h1,3,6-7,9-12,14H,2,4-5,8H2,(H,29,31)(H,30,32)/b28-14-. The van der Waals surface area contributed by atoms with E-state index in [2.05, 4.69) is 21.9 Å². The van der Waals surface area contributed by atoms with Crippen LogP contribution in [0.4, 0.5) is 5.00 Å². The van der Waals surface area contributed by atoms with Crippen LogP contribution in [0.25, 0.3) is 0 Å². The van der Waals surface area contributed by atoms with Crippen molar-refractivity contribution in [2.75, 3.05) is 5.32 Å². The van der Waals surface area contributed by atoms with Crippen molar-refractivity contribution >= 4 is 51.9 Å². The molecule has 2 aromatic carbocycles. The van der Waals surface area contributed by atoms with E-state index in [-0.39, 0.29) is 5.56 Å². The largest absolute Gasteiger partial charge is 0.423 e. The number of nitrogens with one attached hydrogen (secondary N) is 2. The van der Waals surface area contributed by atoms with Crippen molar-refractivity contribution in [1.29, 1.82) is 5.26 Å². The van der Waals surface area contributed by atoms with Gasteiger partial charge in [-0.15, -0.1) is 11.3 Å². The predicted molar refractivity (Wildman–Crippen MR) is 133 cm³/mol. The summed E-state index contributed by atoms with van der Waals surface area (Å²) in [4.78, 5) is 37.7. The number of aryl methyl sites for hydroxylation is 1. The summed E-state index contributed by atoms with van der Waals surface area (Å²) in [5, 5.41) is 16.5. The van der Waals surface area contributed by atoms with Gasteiger partial charge in [-0.3, -0.25) is 9.59 Å². The first-order valence-corrected chi connectivity index (χ1v) is 11.9. The molecule has 0 radical (unpaired) electrons. The Labute approximate surface area is 210 Å². The van der Waals surface area contributed by atoms with E-state index < -0.39 is 17.8 Å². The number of amides is 2. The molecule has 1 aliphatic rings. The maximum absolute atomic E-state index is 12.3. The van der Waals surface area contributed by atoms with Gasteiger partial charge in [0.25, 0.3) is 0 Å². The van der Waals surface area contributed by atoms with E-state index in [9.17, 15) is 19.6 Å². The molecule has 10 heteroatoms. The summed E-state index contributed by atoms with van der Waals surface area (Å²) in [6.07, 6.45) is 5.07. The SMILES string of the molecule is N#Cc1c(NC(=O)C(=O)N/N=C\c2ccc(OC(=O)c3ccccc3Cl)cc2)sc2c1CCCC2. The zero-order valence-corrected chi connectivity index (χ0v) is 19.9. The van der Waals surface area contributed by atoms with Gasteiger partial charge in [0.1, 0.15) is 16.8 Å². The molecule has 0 bridgehead atoms. The van der Waals surface area contributed by atoms with Crippen LogP contribution in [-0.4, -0.2) is 24.0 Å². The van der Waals surface area contributed by atoms with Gasteiger partial charge >= 0.3 is 17.8 Å². The zero-order valence-electron chi connectivity index (χ0n) is 18.3. The smallest absolute Gasteiger partial charge is 0.345 e. The minimum atomic E-state index is -0.957. The lowest BCUT2D eigenvalue weighted by Gasteiger charge is -2.09. The summed E-state index contributed by atoms with van der Waals surface area (Å²) in [5.41, 5.74) is 4.42. The molecule has 0 saturated heterocycles. The zero-order chi connectivity index (χ0) is 24.8. The number of rotatable bonds is 5. The number of thiophene rings is 1. The summed E-state index contributed by atoms with van der Waals surface area (Å²) >= 11 is 7.35. The summed E-state index contributed by atoms with van der Waals surface area (Å²) in [5.74, 6) is -2.13. The first-order chi connectivity index (χ1) is 17.0. The van der Waals surface area contributed by atoms with Gasteiger partial charge in [0.15, 0.2) is 0 Å². The topological polar surface area (TPSA) is 121 Å². The number of hydrazone groups is 1. The Bertz CT molecular complexity index is 1360.